The summed E-state index contributed by atoms with van der Waals surface area (Å²) >= 11 is 0. The summed E-state index contributed by atoms with van der Waals surface area (Å²) < 4.78 is 29.0. The Hall–Kier alpha value is -1.75. The van der Waals surface area contributed by atoms with Crippen LogP contribution in [0.25, 0.3) is 0 Å². The summed E-state index contributed by atoms with van der Waals surface area (Å²) in [6, 6.07) is 10.7. The largest absolute Gasteiger partial charge is 0.464 e. The van der Waals surface area contributed by atoms with Crippen LogP contribution in [0, 0.1) is 6.92 Å². The molecule has 2 aromatic rings. The lowest BCUT2D eigenvalue weighted by Gasteiger charge is -2.13. The molecule has 1 heterocycles. The van der Waals surface area contributed by atoms with Crippen molar-refractivity contribution in [2.45, 2.75) is 31.7 Å². The van der Waals surface area contributed by atoms with Crippen LogP contribution in [0.2, 0.25) is 0 Å². The Morgan fingerprint density at radius 2 is 1.80 bits per heavy atom. The van der Waals surface area contributed by atoms with Crippen molar-refractivity contribution in [1.29, 1.82) is 0 Å². The Labute approximate surface area is 119 Å². The minimum absolute atomic E-state index is 0.0253. The number of aryl methyl sites for hydroxylation is 1. The molecule has 0 aliphatic rings. The minimum atomic E-state index is -3.14. The molecule has 20 heavy (non-hydrogen) atoms. The Morgan fingerprint density at radius 3 is 2.30 bits per heavy atom. The minimum Gasteiger partial charge on any atom is -0.464 e. The molecule has 0 radical (unpaired) electrons. The van der Waals surface area contributed by atoms with Crippen LogP contribution >= 0.6 is 0 Å². The second-order valence-corrected chi connectivity index (χ2v) is 7.02. The van der Waals surface area contributed by atoms with Crippen LogP contribution in [0.3, 0.4) is 0 Å². The predicted molar refractivity (Wildman–Crippen MR) is 79.7 cm³/mol. The van der Waals surface area contributed by atoms with Crippen molar-refractivity contribution in [3.63, 3.8) is 0 Å². The fraction of sp³-hybridized carbons (Fsp3) is 0.333. The number of anilines is 1. The number of rotatable bonds is 5. The van der Waals surface area contributed by atoms with Crippen LogP contribution in [-0.4, -0.2) is 14.2 Å². The first-order chi connectivity index (χ1) is 9.42. The van der Waals surface area contributed by atoms with Crippen LogP contribution in [0.15, 0.2) is 45.7 Å². The molecule has 1 aromatic heterocycles. The van der Waals surface area contributed by atoms with E-state index in [1.807, 2.05) is 26.0 Å². The number of hydrogen-bond acceptors (Lipinski definition) is 4. The highest BCUT2D eigenvalue weighted by molar-refractivity contribution is 7.91. The maximum atomic E-state index is 11.7. The number of sulfone groups is 1. The molecule has 1 aromatic carbocycles. The van der Waals surface area contributed by atoms with Crippen molar-refractivity contribution in [2.24, 2.45) is 0 Å². The van der Waals surface area contributed by atoms with Crippen molar-refractivity contribution < 1.29 is 12.8 Å². The normalized spacial score (nSPS) is 13.2. The second-order valence-electron chi connectivity index (χ2n) is 4.74. The zero-order valence-corrected chi connectivity index (χ0v) is 12.7. The van der Waals surface area contributed by atoms with Gasteiger partial charge >= 0.3 is 0 Å². The molecule has 2 rings (SSSR count). The SMILES string of the molecule is CCS(=O)(=O)c1ccc(NC(C)c2ccc(C)o2)cc1. The van der Waals surface area contributed by atoms with E-state index < -0.39 is 9.84 Å². The first-order valence-corrected chi connectivity index (χ1v) is 8.23. The smallest absolute Gasteiger partial charge is 0.178 e. The van der Waals surface area contributed by atoms with Gasteiger partial charge in [0.1, 0.15) is 11.5 Å². The Morgan fingerprint density at radius 1 is 1.15 bits per heavy atom. The molecule has 5 heteroatoms. The highest BCUT2D eigenvalue weighted by atomic mass is 32.2. The molecule has 1 atom stereocenters. The second kappa shape index (κ2) is 5.71. The molecule has 1 unspecified atom stereocenters. The molecule has 0 amide bonds. The average molecular weight is 293 g/mol. The van der Waals surface area contributed by atoms with Crippen molar-refractivity contribution in [3.8, 4) is 0 Å². The number of furan rings is 1. The topological polar surface area (TPSA) is 59.3 Å². The van der Waals surface area contributed by atoms with Gasteiger partial charge in [-0.1, -0.05) is 6.92 Å². The Bertz CT molecular complexity index is 671. The average Bonchev–Trinajstić information content (AvgIpc) is 2.86. The monoisotopic (exact) mass is 293 g/mol. The van der Waals surface area contributed by atoms with Gasteiger partial charge in [-0.2, -0.15) is 0 Å². The zero-order chi connectivity index (χ0) is 14.8. The van der Waals surface area contributed by atoms with E-state index in [1.54, 1.807) is 31.2 Å². The summed E-state index contributed by atoms with van der Waals surface area (Å²) in [6.45, 7) is 5.54. The van der Waals surface area contributed by atoms with Crippen molar-refractivity contribution >= 4 is 15.5 Å². The highest BCUT2D eigenvalue weighted by Crippen LogP contribution is 2.22. The third kappa shape index (κ3) is 3.22. The zero-order valence-electron chi connectivity index (χ0n) is 11.9. The van der Waals surface area contributed by atoms with E-state index in [4.69, 9.17) is 4.42 Å². The van der Waals surface area contributed by atoms with Crippen LogP contribution < -0.4 is 5.32 Å². The Kier molecular flexibility index (Phi) is 4.18. The first-order valence-electron chi connectivity index (χ1n) is 6.58. The summed E-state index contributed by atoms with van der Waals surface area (Å²) in [7, 11) is -3.14. The molecular weight excluding hydrogens is 274 g/mol. The van der Waals surface area contributed by atoms with Gasteiger partial charge in [-0.25, -0.2) is 8.42 Å². The summed E-state index contributed by atoms with van der Waals surface area (Å²) in [5.74, 6) is 1.84. The van der Waals surface area contributed by atoms with Crippen molar-refractivity contribution in [2.75, 3.05) is 11.1 Å². The first kappa shape index (κ1) is 14.7. The molecule has 0 aliphatic heterocycles. The number of benzene rings is 1. The molecule has 0 saturated heterocycles. The standard InChI is InChI=1S/C15H19NO3S/c1-4-20(17,18)14-8-6-13(7-9-14)16-12(3)15-10-5-11(2)19-15/h5-10,12,16H,4H2,1-3H3. The molecule has 108 valence electrons. The highest BCUT2D eigenvalue weighted by Gasteiger charge is 2.12. The van der Waals surface area contributed by atoms with Gasteiger partial charge in [0, 0.05) is 5.69 Å². The maximum Gasteiger partial charge on any atom is 0.178 e. The van der Waals surface area contributed by atoms with E-state index in [0.29, 0.717) is 4.90 Å². The third-order valence-electron chi connectivity index (χ3n) is 3.16. The van der Waals surface area contributed by atoms with Gasteiger partial charge in [0.15, 0.2) is 9.84 Å². The molecule has 0 spiro atoms. The fourth-order valence-corrected chi connectivity index (χ4v) is 2.82. The van der Waals surface area contributed by atoms with Crippen LogP contribution in [0.1, 0.15) is 31.4 Å². The predicted octanol–water partition coefficient (Wildman–Crippen LogP) is 3.55. The lowest BCUT2D eigenvalue weighted by atomic mass is 10.2. The maximum absolute atomic E-state index is 11.7. The van der Waals surface area contributed by atoms with E-state index in [2.05, 4.69) is 5.32 Å². The number of nitrogens with one attached hydrogen (secondary N) is 1. The van der Waals surface area contributed by atoms with Crippen LogP contribution in [0.5, 0.6) is 0 Å². The summed E-state index contributed by atoms with van der Waals surface area (Å²) in [5, 5.41) is 3.28. The van der Waals surface area contributed by atoms with Gasteiger partial charge in [0.25, 0.3) is 0 Å². The quantitative estimate of drug-likeness (QED) is 0.915. The molecule has 1 N–H and O–H groups in total. The van der Waals surface area contributed by atoms with Gasteiger partial charge in [-0.05, 0) is 50.2 Å². The summed E-state index contributed by atoms with van der Waals surface area (Å²) in [4.78, 5) is 0.354. The van der Waals surface area contributed by atoms with E-state index >= 15 is 0 Å². The van der Waals surface area contributed by atoms with E-state index in [9.17, 15) is 8.42 Å². The molecule has 0 fully saturated rings. The molecule has 0 aliphatic carbocycles. The van der Waals surface area contributed by atoms with Gasteiger partial charge in [-0.3, -0.25) is 0 Å². The van der Waals surface area contributed by atoms with Gasteiger partial charge in [0.2, 0.25) is 0 Å². The summed E-state index contributed by atoms with van der Waals surface area (Å²) in [6.07, 6.45) is 0. The lowest BCUT2D eigenvalue weighted by Crippen LogP contribution is -2.07. The van der Waals surface area contributed by atoms with Crippen LogP contribution in [0.4, 0.5) is 5.69 Å². The number of hydrogen-bond donors (Lipinski definition) is 1. The molecular formula is C15H19NO3S. The Balaban J connectivity index is 2.11. The van der Waals surface area contributed by atoms with Gasteiger partial charge < -0.3 is 9.73 Å². The molecule has 0 bridgehead atoms. The van der Waals surface area contributed by atoms with E-state index in [0.717, 1.165) is 17.2 Å². The van der Waals surface area contributed by atoms with Crippen LogP contribution in [-0.2, 0) is 9.84 Å². The lowest BCUT2D eigenvalue weighted by molar-refractivity contribution is 0.467. The fourth-order valence-electron chi connectivity index (χ4n) is 1.93. The van der Waals surface area contributed by atoms with Crippen molar-refractivity contribution in [1.82, 2.24) is 0 Å². The summed E-state index contributed by atoms with van der Waals surface area (Å²) in [5.41, 5.74) is 0.863. The molecule has 0 saturated carbocycles. The van der Waals surface area contributed by atoms with Gasteiger partial charge in [-0.15, -0.1) is 0 Å². The molecule has 4 nitrogen and oxygen atoms in total. The van der Waals surface area contributed by atoms with Crippen molar-refractivity contribution in [3.05, 3.63) is 47.9 Å². The third-order valence-corrected chi connectivity index (χ3v) is 4.92. The van der Waals surface area contributed by atoms with E-state index in [1.165, 1.54) is 0 Å². The van der Waals surface area contributed by atoms with Gasteiger partial charge in [0.05, 0.1) is 16.7 Å². The van der Waals surface area contributed by atoms with E-state index in [-0.39, 0.29) is 11.8 Å².